The molecule has 0 radical (unpaired) electrons. The summed E-state index contributed by atoms with van der Waals surface area (Å²) in [5.41, 5.74) is -0.483. The van der Waals surface area contributed by atoms with E-state index in [1.54, 1.807) is 0 Å². The summed E-state index contributed by atoms with van der Waals surface area (Å²) in [4.78, 5) is 9.83. The van der Waals surface area contributed by atoms with Crippen LogP contribution in [0, 0.1) is 5.82 Å². The van der Waals surface area contributed by atoms with Crippen LogP contribution in [0.25, 0.3) is 0 Å². The Hall–Kier alpha value is -1.34. The molecular weight excluding hydrogens is 263 g/mol. The number of aromatic carboxylic acids is 1. The first-order chi connectivity index (χ1) is 7.27. The number of carboxylic acids is 1. The highest BCUT2D eigenvalue weighted by atomic mass is 35.7. The second-order valence-corrected chi connectivity index (χ2v) is 5.26. The standard InChI is InChI=1S/C8H6ClFO5S/c1-15-6-3-5(10)7(16(9,13)14)2-4(6)8(11)12/h2-3H,1H3,(H,11,12). The van der Waals surface area contributed by atoms with Gasteiger partial charge in [-0.15, -0.1) is 0 Å². The fraction of sp³-hybridized carbons (Fsp3) is 0.125. The minimum atomic E-state index is -4.34. The normalized spacial score (nSPS) is 11.2. The first kappa shape index (κ1) is 12.7. The monoisotopic (exact) mass is 268 g/mol. The molecule has 1 N–H and O–H groups in total. The summed E-state index contributed by atoms with van der Waals surface area (Å²) in [6.07, 6.45) is 0. The minimum absolute atomic E-state index is 0.283. The molecule has 1 aromatic carbocycles. The molecule has 88 valence electrons. The van der Waals surface area contributed by atoms with E-state index in [1.165, 1.54) is 0 Å². The third kappa shape index (κ3) is 2.42. The van der Waals surface area contributed by atoms with Crippen LogP contribution in [0.5, 0.6) is 5.75 Å². The maximum Gasteiger partial charge on any atom is 0.339 e. The van der Waals surface area contributed by atoms with Crippen LogP contribution in [0.3, 0.4) is 0 Å². The van der Waals surface area contributed by atoms with Crippen LogP contribution in [0.2, 0.25) is 0 Å². The second-order valence-electron chi connectivity index (χ2n) is 2.73. The maximum absolute atomic E-state index is 13.2. The number of benzene rings is 1. The Morgan fingerprint density at radius 2 is 2.06 bits per heavy atom. The second kappa shape index (κ2) is 4.26. The molecule has 0 bridgehead atoms. The van der Waals surface area contributed by atoms with E-state index >= 15 is 0 Å². The molecule has 0 spiro atoms. The molecule has 0 atom stereocenters. The van der Waals surface area contributed by atoms with Gasteiger partial charge in [-0.25, -0.2) is 17.6 Å². The summed E-state index contributed by atoms with van der Waals surface area (Å²) >= 11 is 0. The number of rotatable bonds is 3. The van der Waals surface area contributed by atoms with Gasteiger partial charge in [0.25, 0.3) is 9.05 Å². The molecule has 0 unspecified atom stereocenters. The molecule has 0 aliphatic rings. The molecule has 5 nitrogen and oxygen atoms in total. The van der Waals surface area contributed by atoms with Crippen LogP contribution in [-0.2, 0) is 9.05 Å². The summed E-state index contributed by atoms with van der Waals surface area (Å²) in [7, 11) is 1.73. The van der Waals surface area contributed by atoms with E-state index in [9.17, 15) is 17.6 Å². The van der Waals surface area contributed by atoms with Gasteiger partial charge in [0.1, 0.15) is 22.0 Å². The van der Waals surface area contributed by atoms with Crippen molar-refractivity contribution in [3.05, 3.63) is 23.5 Å². The zero-order valence-electron chi connectivity index (χ0n) is 7.90. The molecule has 16 heavy (non-hydrogen) atoms. The van der Waals surface area contributed by atoms with Gasteiger partial charge in [0.2, 0.25) is 0 Å². The van der Waals surface area contributed by atoms with Crippen LogP contribution in [0.4, 0.5) is 4.39 Å². The Morgan fingerprint density at radius 3 is 2.44 bits per heavy atom. The van der Waals surface area contributed by atoms with Gasteiger partial charge in [-0.2, -0.15) is 0 Å². The van der Waals surface area contributed by atoms with Crippen LogP contribution in [0.15, 0.2) is 17.0 Å². The van der Waals surface area contributed by atoms with Crippen molar-refractivity contribution >= 4 is 25.7 Å². The van der Waals surface area contributed by atoms with E-state index in [2.05, 4.69) is 4.74 Å². The van der Waals surface area contributed by atoms with Gasteiger partial charge in [0, 0.05) is 16.7 Å². The molecular formula is C8H6ClFO5S. The van der Waals surface area contributed by atoms with Gasteiger partial charge in [0.15, 0.2) is 0 Å². The van der Waals surface area contributed by atoms with Crippen LogP contribution in [0.1, 0.15) is 10.4 Å². The van der Waals surface area contributed by atoms with Crippen molar-refractivity contribution in [2.24, 2.45) is 0 Å². The fourth-order valence-electron chi connectivity index (χ4n) is 1.06. The van der Waals surface area contributed by atoms with Crippen LogP contribution < -0.4 is 4.74 Å². The van der Waals surface area contributed by atoms with Crippen molar-refractivity contribution < 1.29 is 27.4 Å². The van der Waals surface area contributed by atoms with Gasteiger partial charge in [-0.1, -0.05) is 0 Å². The van der Waals surface area contributed by atoms with E-state index in [0.717, 1.165) is 7.11 Å². The Labute approximate surface area is 94.8 Å². The average molecular weight is 269 g/mol. The van der Waals surface area contributed by atoms with Gasteiger partial charge < -0.3 is 9.84 Å². The molecule has 0 aromatic heterocycles. The Balaban J connectivity index is 3.58. The Kier molecular flexibility index (Phi) is 3.39. The first-order valence-electron chi connectivity index (χ1n) is 3.83. The van der Waals surface area contributed by atoms with Gasteiger partial charge in [0.05, 0.1) is 7.11 Å². The zero-order valence-corrected chi connectivity index (χ0v) is 9.47. The highest BCUT2D eigenvalue weighted by Crippen LogP contribution is 2.27. The lowest BCUT2D eigenvalue weighted by Crippen LogP contribution is -2.05. The Bertz CT molecular complexity index is 540. The predicted octanol–water partition coefficient (Wildman–Crippen LogP) is 1.46. The number of ether oxygens (including phenoxy) is 1. The predicted molar refractivity (Wildman–Crippen MR) is 53.0 cm³/mol. The summed E-state index contributed by atoms with van der Waals surface area (Å²) in [5.74, 6) is -2.90. The molecule has 0 amide bonds. The zero-order chi connectivity index (χ0) is 12.5. The molecule has 1 aromatic rings. The summed E-state index contributed by atoms with van der Waals surface area (Å²) < 4.78 is 39.7. The van der Waals surface area contributed by atoms with Crippen molar-refractivity contribution in [3.8, 4) is 5.75 Å². The molecule has 1 rings (SSSR count). The van der Waals surface area contributed by atoms with Gasteiger partial charge >= 0.3 is 5.97 Å². The Morgan fingerprint density at radius 1 is 1.50 bits per heavy atom. The van der Waals surface area contributed by atoms with Gasteiger partial charge in [-0.3, -0.25) is 0 Å². The molecule has 8 heteroatoms. The fourth-order valence-corrected chi connectivity index (χ4v) is 1.96. The number of carbonyl (C=O) groups is 1. The van der Waals surface area contributed by atoms with E-state index in [1.807, 2.05) is 0 Å². The lowest BCUT2D eigenvalue weighted by molar-refractivity contribution is 0.0693. The van der Waals surface area contributed by atoms with E-state index in [0.29, 0.717) is 12.1 Å². The summed E-state index contributed by atoms with van der Waals surface area (Å²) in [6.45, 7) is 0. The van der Waals surface area contributed by atoms with Crippen LogP contribution >= 0.6 is 10.7 Å². The summed E-state index contributed by atoms with van der Waals surface area (Å²) in [6, 6.07) is 1.26. The topological polar surface area (TPSA) is 80.7 Å². The van der Waals surface area contributed by atoms with Crippen LogP contribution in [-0.4, -0.2) is 26.6 Å². The maximum atomic E-state index is 13.2. The summed E-state index contributed by atoms with van der Waals surface area (Å²) in [5, 5.41) is 8.74. The largest absolute Gasteiger partial charge is 0.496 e. The third-order valence-corrected chi connectivity index (χ3v) is 3.08. The number of methoxy groups -OCH3 is 1. The number of halogens is 2. The quantitative estimate of drug-likeness (QED) is 0.840. The molecule has 0 aliphatic heterocycles. The van der Waals surface area contributed by atoms with Gasteiger partial charge in [-0.05, 0) is 6.07 Å². The smallest absolute Gasteiger partial charge is 0.339 e. The first-order valence-corrected chi connectivity index (χ1v) is 6.13. The minimum Gasteiger partial charge on any atom is -0.496 e. The lowest BCUT2D eigenvalue weighted by Gasteiger charge is -2.07. The number of carboxylic acid groups (broad SMARTS) is 1. The van der Waals surface area contributed by atoms with Crippen molar-refractivity contribution in [2.75, 3.05) is 7.11 Å². The molecule has 0 fully saturated rings. The van der Waals surface area contributed by atoms with E-state index in [-0.39, 0.29) is 5.75 Å². The third-order valence-electron chi connectivity index (χ3n) is 1.75. The lowest BCUT2D eigenvalue weighted by atomic mass is 10.2. The van der Waals surface area contributed by atoms with E-state index < -0.39 is 31.3 Å². The molecule has 0 saturated heterocycles. The SMILES string of the molecule is COc1cc(F)c(S(=O)(=O)Cl)cc1C(=O)O. The highest BCUT2D eigenvalue weighted by Gasteiger charge is 2.22. The van der Waals surface area contributed by atoms with Crippen molar-refractivity contribution in [1.82, 2.24) is 0 Å². The number of hydrogen-bond acceptors (Lipinski definition) is 4. The highest BCUT2D eigenvalue weighted by molar-refractivity contribution is 8.13. The molecule has 0 aliphatic carbocycles. The van der Waals surface area contributed by atoms with Crippen molar-refractivity contribution in [1.29, 1.82) is 0 Å². The van der Waals surface area contributed by atoms with Crippen molar-refractivity contribution in [3.63, 3.8) is 0 Å². The number of hydrogen-bond donors (Lipinski definition) is 1. The van der Waals surface area contributed by atoms with E-state index in [4.69, 9.17) is 15.8 Å². The molecule has 0 saturated carbocycles. The average Bonchev–Trinajstić information content (AvgIpc) is 2.14. The molecule has 0 heterocycles. The van der Waals surface area contributed by atoms with Crippen molar-refractivity contribution in [2.45, 2.75) is 4.90 Å².